The topological polar surface area (TPSA) is 89.8 Å². The molecule has 0 aliphatic heterocycles. The molecule has 32 heavy (non-hydrogen) atoms. The van der Waals surface area contributed by atoms with Crippen LogP contribution in [-0.2, 0) is 22.1 Å². The largest absolute Gasteiger partial charge is 0.416 e. The van der Waals surface area contributed by atoms with Gasteiger partial charge in [-0.1, -0.05) is 25.0 Å². The van der Waals surface area contributed by atoms with E-state index >= 15 is 0 Å². The SMILES string of the molecule is Cc1cc(C(F)(F)F)cc(C)c1NS(C)(=O)(O)c1cccc(CCCCCCC(O)O)c1. The predicted octanol–water partition coefficient (Wildman–Crippen LogP) is 5.43. The normalized spacial score (nSPS) is 13.8. The van der Waals surface area contributed by atoms with E-state index < -0.39 is 27.6 Å². The van der Waals surface area contributed by atoms with Gasteiger partial charge in [0, 0.05) is 6.26 Å². The Morgan fingerprint density at radius 2 is 1.59 bits per heavy atom. The lowest BCUT2D eigenvalue weighted by Crippen LogP contribution is -2.39. The van der Waals surface area contributed by atoms with Crippen molar-refractivity contribution in [3.8, 4) is 0 Å². The molecule has 0 aliphatic carbocycles. The quantitative estimate of drug-likeness (QED) is 0.272. The maximum atomic E-state index is 13.6. The van der Waals surface area contributed by atoms with Crippen LogP contribution in [0.4, 0.5) is 18.9 Å². The minimum atomic E-state index is -4.59. The van der Waals surface area contributed by atoms with Crippen molar-refractivity contribution in [3.05, 3.63) is 58.7 Å². The van der Waals surface area contributed by atoms with Crippen LogP contribution in [0, 0.1) is 13.8 Å². The van der Waals surface area contributed by atoms with Crippen LogP contribution in [0.5, 0.6) is 0 Å². The number of hydrogen-bond donors (Lipinski definition) is 4. The molecule has 2 aromatic rings. The number of benzene rings is 2. The summed E-state index contributed by atoms with van der Waals surface area (Å²) in [4.78, 5) is 0.168. The molecule has 0 saturated carbocycles. The molecule has 180 valence electrons. The molecule has 0 unspecified atom stereocenters. The number of aliphatic hydroxyl groups is 2. The summed E-state index contributed by atoms with van der Waals surface area (Å²) in [5.41, 5.74) is 0.747. The summed E-state index contributed by atoms with van der Waals surface area (Å²) in [6.45, 7) is 2.94. The van der Waals surface area contributed by atoms with Gasteiger partial charge >= 0.3 is 6.18 Å². The molecular formula is C23H32F3NO4S. The minimum absolute atomic E-state index is 0.168. The third-order valence-corrected chi connectivity index (χ3v) is 7.38. The van der Waals surface area contributed by atoms with Crippen molar-refractivity contribution in [2.24, 2.45) is 0 Å². The Labute approximate surface area is 187 Å². The first-order valence-corrected chi connectivity index (χ1v) is 12.8. The number of hydrogen-bond acceptors (Lipinski definition) is 3. The lowest BCUT2D eigenvalue weighted by Gasteiger charge is -2.42. The smallest absolute Gasteiger partial charge is 0.368 e. The average molecular weight is 476 g/mol. The molecule has 0 aromatic heterocycles. The molecule has 0 bridgehead atoms. The second kappa shape index (κ2) is 9.91. The van der Waals surface area contributed by atoms with Gasteiger partial charge in [-0.3, -0.25) is 9.27 Å². The van der Waals surface area contributed by atoms with Crippen molar-refractivity contribution < 1.29 is 32.1 Å². The first kappa shape index (κ1) is 26.3. The third-order valence-electron chi connectivity index (χ3n) is 5.33. The Bertz CT molecular complexity index is 976. The van der Waals surface area contributed by atoms with Crippen LogP contribution in [0.25, 0.3) is 0 Å². The van der Waals surface area contributed by atoms with Gasteiger partial charge in [-0.15, -0.1) is 9.53 Å². The predicted molar refractivity (Wildman–Crippen MR) is 121 cm³/mol. The molecule has 0 amide bonds. The Balaban J connectivity index is 2.17. The second-order valence-corrected chi connectivity index (χ2v) is 11.7. The van der Waals surface area contributed by atoms with Gasteiger partial charge in [-0.2, -0.15) is 17.4 Å². The van der Waals surface area contributed by atoms with Gasteiger partial charge in [0.05, 0.1) is 16.1 Å². The molecule has 0 saturated heterocycles. The Morgan fingerprint density at radius 1 is 1.00 bits per heavy atom. The number of nitrogens with one attached hydrogen (secondary N) is 1. The number of anilines is 1. The first-order valence-electron chi connectivity index (χ1n) is 10.5. The maximum Gasteiger partial charge on any atom is 0.416 e. The van der Waals surface area contributed by atoms with Gasteiger partial charge in [0.15, 0.2) is 6.29 Å². The second-order valence-electron chi connectivity index (χ2n) is 8.45. The summed E-state index contributed by atoms with van der Waals surface area (Å²) in [5, 5.41) is 17.7. The lowest BCUT2D eigenvalue weighted by molar-refractivity contribution is -0.137. The van der Waals surface area contributed by atoms with Crippen LogP contribution < -0.4 is 4.72 Å². The summed E-state index contributed by atoms with van der Waals surface area (Å²) < 4.78 is 66.4. The van der Waals surface area contributed by atoms with Crippen molar-refractivity contribution in [1.82, 2.24) is 0 Å². The average Bonchev–Trinajstić information content (AvgIpc) is 2.66. The number of alkyl halides is 3. The highest BCUT2D eigenvalue weighted by atomic mass is 32.3. The standard InChI is InChI=1S/C23H32F3NO4S/c1-16-13-19(23(24,25)26)14-17(2)22(16)27-32(3,30,31)20-11-8-10-18(15-20)9-6-4-5-7-12-21(28)29/h8,10-11,13-15,21,28-29H,4-7,9,12H2,1-3H3,(H2,27,30,31). The first-order chi connectivity index (χ1) is 14.7. The Kier molecular flexibility index (Phi) is 8.15. The third kappa shape index (κ3) is 7.30. The summed E-state index contributed by atoms with van der Waals surface area (Å²) in [5.74, 6) is 0. The lowest BCUT2D eigenvalue weighted by atomic mass is 10.0. The molecular weight excluding hydrogens is 443 g/mol. The molecule has 2 rings (SSSR count). The van der Waals surface area contributed by atoms with E-state index in [1.807, 2.05) is 6.07 Å². The summed E-state index contributed by atoms with van der Waals surface area (Å²) in [6, 6.07) is 8.65. The molecule has 5 nitrogen and oxygen atoms in total. The molecule has 0 aliphatic rings. The Morgan fingerprint density at radius 3 is 2.16 bits per heavy atom. The zero-order chi connectivity index (χ0) is 24.2. The fourth-order valence-corrected chi connectivity index (χ4v) is 5.35. The van der Waals surface area contributed by atoms with Gasteiger partial charge < -0.3 is 10.2 Å². The van der Waals surface area contributed by atoms with Gasteiger partial charge in [0.25, 0.3) is 0 Å². The maximum absolute atomic E-state index is 13.6. The highest BCUT2D eigenvalue weighted by Gasteiger charge is 2.32. The number of halogens is 3. The molecule has 4 N–H and O–H groups in total. The van der Waals surface area contributed by atoms with E-state index in [1.54, 1.807) is 12.1 Å². The summed E-state index contributed by atoms with van der Waals surface area (Å²) in [6.07, 6.45) is -0.269. The van der Waals surface area contributed by atoms with E-state index in [-0.39, 0.29) is 21.7 Å². The minimum Gasteiger partial charge on any atom is -0.368 e. The van der Waals surface area contributed by atoms with E-state index in [1.165, 1.54) is 19.9 Å². The molecule has 0 radical (unpaired) electrons. The number of aliphatic hydroxyl groups excluding tert-OH is 1. The van der Waals surface area contributed by atoms with Crippen LogP contribution in [0.3, 0.4) is 0 Å². The van der Waals surface area contributed by atoms with Gasteiger partial charge in [-0.05, 0) is 80.5 Å². The molecule has 0 fully saturated rings. The summed E-state index contributed by atoms with van der Waals surface area (Å²) >= 11 is 0. The number of rotatable bonds is 10. The molecule has 0 spiro atoms. The zero-order valence-electron chi connectivity index (χ0n) is 18.6. The van der Waals surface area contributed by atoms with Crippen LogP contribution in [0.15, 0.2) is 41.3 Å². The molecule has 0 atom stereocenters. The van der Waals surface area contributed by atoms with Crippen LogP contribution in [0.1, 0.15) is 54.4 Å². The van der Waals surface area contributed by atoms with Gasteiger partial charge in [0.1, 0.15) is 0 Å². The van der Waals surface area contributed by atoms with Gasteiger partial charge in [0.2, 0.25) is 0 Å². The zero-order valence-corrected chi connectivity index (χ0v) is 19.4. The number of aryl methyl sites for hydroxylation is 3. The van der Waals surface area contributed by atoms with Crippen LogP contribution >= 0.6 is 0 Å². The monoisotopic (exact) mass is 475 g/mol. The van der Waals surface area contributed by atoms with Crippen LogP contribution in [-0.4, -0.2) is 31.5 Å². The summed E-state index contributed by atoms with van der Waals surface area (Å²) in [7, 11) is -4.59. The molecule has 0 heterocycles. The van der Waals surface area contributed by atoms with E-state index in [2.05, 4.69) is 4.72 Å². The van der Waals surface area contributed by atoms with Crippen LogP contribution in [0.2, 0.25) is 0 Å². The van der Waals surface area contributed by atoms with E-state index in [0.717, 1.165) is 49.6 Å². The molecule has 2 aromatic carbocycles. The van der Waals surface area contributed by atoms with Crippen molar-refractivity contribution in [2.45, 2.75) is 69.7 Å². The fraction of sp³-hybridized carbons (Fsp3) is 0.478. The van der Waals surface area contributed by atoms with Crippen molar-refractivity contribution >= 4 is 15.2 Å². The van der Waals surface area contributed by atoms with Gasteiger partial charge in [-0.25, -0.2) is 0 Å². The van der Waals surface area contributed by atoms with Crippen molar-refractivity contribution in [3.63, 3.8) is 0 Å². The Hall–Kier alpha value is -1.94. The van der Waals surface area contributed by atoms with E-state index in [0.29, 0.717) is 12.8 Å². The van der Waals surface area contributed by atoms with E-state index in [4.69, 9.17) is 10.2 Å². The van der Waals surface area contributed by atoms with E-state index in [9.17, 15) is 21.9 Å². The van der Waals surface area contributed by atoms with Crippen molar-refractivity contribution in [2.75, 3.05) is 11.0 Å². The highest BCUT2D eigenvalue weighted by molar-refractivity contribution is 8.15. The number of unbranched alkanes of at least 4 members (excludes halogenated alkanes) is 3. The van der Waals surface area contributed by atoms with Crippen molar-refractivity contribution in [1.29, 1.82) is 0 Å². The molecule has 9 heteroatoms. The fourth-order valence-electron chi connectivity index (χ4n) is 3.60. The highest BCUT2D eigenvalue weighted by Crippen LogP contribution is 2.38.